The molecular formula is C25H25Cl2FN2O3. The van der Waals surface area contributed by atoms with Crippen LogP contribution in [0.2, 0.25) is 10.0 Å². The highest BCUT2D eigenvalue weighted by molar-refractivity contribution is 6.33. The first kappa shape index (κ1) is 23.5. The maximum atomic E-state index is 13.3. The van der Waals surface area contributed by atoms with Crippen LogP contribution in [0.15, 0.2) is 54.6 Å². The molecule has 3 aromatic rings. The molecule has 0 aliphatic carbocycles. The van der Waals surface area contributed by atoms with Crippen molar-refractivity contribution >= 4 is 34.6 Å². The molecule has 174 valence electrons. The van der Waals surface area contributed by atoms with Crippen LogP contribution >= 0.6 is 23.2 Å². The maximum Gasteiger partial charge on any atom is 0.166 e. The van der Waals surface area contributed by atoms with Crippen molar-refractivity contribution in [2.45, 2.75) is 13.2 Å². The summed E-state index contributed by atoms with van der Waals surface area (Å²) >= 11 is 12.7. The molecule has 0 spiro atoms. The highest BCUT2D eigenvalue weighted by Gasteiger charge is 2.15. The van der Waals surface area contributed by atoms with E-state index in [-0.39, 0.29) is 12.4 Å². The Hall–Kier alpha value is -2.67. The van der Waals surface area contributed by atoms with Gasteiger partial charge < -0.3 is 24.4 Å². The third-order valence-corrected chi connectivity index (χ3v) is 6.10. The summed E-state index contributed by atoms with van der Waals surface area (Å²) in [5.41, 5.74) is 3.49. The second kappa shape index (κ2) is 11.0. The summed E-state index contributed by atoms with van der Waals surface area (Å²) in [4.78, 5) is 2.23. The largest absolute Gasteiger partial charge is 0.493 e. The number of anilines is 2. The van der Waals surface area contributed by atoms with Crippen LogP contribution in [0.4, 0.5) is 15.8 Å². The van der Waals surface area contributed by atoms with Crippen LogP contribution in [0.5, 0.6) is 11.5 Å². The number of hydrogen-bond donors (Lipinski definition) is 1. The van der Waals surface area contributed by atoms with Gasteiger partial charge in [0.2, 0.25) is 0 Å². The molecule has 3 aromatic carbocycles. The van der Waals surface area contributed by atoms with Crippen LogP contribution < -0.4 is 19.7 Å². The second-order valence-corrected chi connectivity index (χ2v) is 8.41. The monoisotopic (exact) mass is 490 g/mol. The predicted octanol–water partition coefficient (Wildman–Crippen LogP) is 6.17. The molecule has 1 N–H and O–H groups in total. The number of rotatable bonds is 8. The van der Waals surface area contributed by atoms with Crippen LogP contribution in [0.1, 0.15) is 11.1 Å². The van der Waals surface area contributed by atoms with E-state index < -0.39 is 0 Å². The van der Waals surface area contributed by atoms with Crippen LogP contribution in [0.25, 0.3) is 0 Å². The van der Waals surface area contributed by atoms with Crippen LogP contribution in [-0.4, -0.2) is 33.4 Å². The minimum Gasteiger partial charge on any atom is -0.493 e. The normalized spacial score (nSPS) is 13.6. The Morgan fingerprint density at radius 2 is 1.82 bits per heavy atom. The molecule has 1 heterocycles. The number of nitrogens with one attached hydrogen (secondary N) is 1. The minimum absolute atomic E-state index is 0.187. The zero-order valence-corrected chi connectivity index (χ0v) is 19.8. The fraction of sp³-hybridized carbons (Fsp3) is 0.280. The SMILES string of the molecule is COc1cccc(CNc2ccc(N3CCOCC3)c(Cl)c2)c1OCc1ccc(F)cc1Cl. The molecule has 0 atom stereocenters. The number of morpholine rings is 1. The third-order valence-electron chi connectivity index (χ3n) is 5.45. The predicted molar refractivity (Wildman–Crippen MR) is 131 cm³/mol. The average molecular weight is 491 g/mol. The molecule has 0 amide bonds. The van der Waals surface area contributed by atoms with Gasteiger partial charge in [0.25, 0.3) is 0 Å². The molecule has 4 rings (SSSR count). The molecule has 0 bridgehead atoms. The van der Waals surface area contributed by atoms with Gasteiger partial charge in [-0.3, -0.25) is 0 Å². The van der Waals surface area contributed by atoms with E-state index in [1.54, 1.807) is 13.2 Å². The van der Waals surface area contributed by atoms with Crippen LogP contribution in [0, 0.1) is 5.82 Å². The van der Waals surface area contributed by atoms with Gasteiger partial charge in [-0.05, 0) is 36.4 Å². The maximum absolute atomic E-state index is 13.3. The van der Waals surface area contributed by atoms with Gasteiger partial charge in [0.05, 0.1) is 36.1 Å². The molecule has 0 radical (unpaired) electrons. The Morgan fingerprint density at radius 3 is 2.55 bits per heavy atom. The molecule has 33 heavy (non-hydrogen) atoms. The first-order valence-corrected chi connectivity index (χ1v) is 11.4. The number of hydrogen-bond acceptors (Lipinski definition) is 5. The Morgan fingerprint density at radius 1 is 1.00 bits per heavy atom. The quantitative estimate of drug-likeness (QED) is 0.408. The topological polar surface area (TPSA) is 43.0 Å². The lowest BCUT2D eigenvalue weighted by atomic mass is 10.1. The molecule has 0 saturated carbocycles. The van der Waals surface area contributed by atoms with E-state index in [0.29, 0.717) is 46.9 Å². The summed E-state index contributed by atoms with van der Waals surface area (Å²) < 4.78 is 30.3. The van der Waals surface area contributed by atoms with E-state index >= 15 is 0 Å². The van der Waals surface area contributed by atoms with Crippen LogP contribution in [0.3, 0.4) is 0 Å². The lowest BCUT2D eigenvalue weighted by Crippen LogP contribution is -2.36. The number of halogens is 3. The van der Waals surface area contributed by atoms with Crippen molar-refractivity contribution in [3.05, 3.63) is 81.6 Å². The highest BCUT2D eigenvalue weighted by Crippen LogP contribution is 2.34. The zero-order valence-electron chi connectivity index (χ0n) is 18.2. The molecular weight excluding hydrogens is 466 g/mol. The Labute approximate surface area is 203 Å². The van der Waals surface area contributed by atoms with Crippen molar-refractivity contribution in [2.24, 2.45) is 0 Å². The van der Waals surface area contributed by atoms with Crippen molar-refractivity contribution in [1.82, 2.24) is 0 Å². The van der Waals surface area contributed by atoms with E-state index in [2.05, 4.69) is 10.2 Å². The molecule has 1 aliphatic heterocycles. The molecule has 0 aromatic heterocycles. The van der Waals surface area contributed by atoms with Gasteiger partial charge in [0, 0.05) is 36.4 Å². The van der Waals surface area contributed by atoms with Crippen LogP contribution in [-0.2, 0) is 17.9 Å². The Bertz CT molecular complexity index is 1110. The summed E-state index contributed by atoms with van der Waals surface area (Å²) in [5, 5.41) is 4.41. The van der Waals surface area contributed by atoms with E-state index in [0.717, 1.165) is 30.0 Å². The van der Waals surface area contributed by atoms with E-state index in [1.807, 2.05) is 36.4 Å². The number of para-hydroxylation sites is 1. The lowest BCUT2D eigenvalue weighted by molar-refractivity contribution is 0.122. The van der Waals surface area contributed by atoms with Gasteiger partial charge in [0.15, 0.2) is 11.5 Å². The van der Waals surface area contributed by atoms with Crippen molar-refractivity contribution in [1.29, 1.82) is 0 Å². The van der Waals surface area contributed by atoms with E-state index in [1.165, 1.54) is 12.1 Å². The number of benzene rings is 3. The van der Waals surface area contributed by atoms with Gasteiger partial charge >= 0.3 is 0 Å². The van der Waals surface area contributed by atoms with Gasteiger partial charge in [-0.1, -0.05) is 41.4 Å². The van der Waals surface area contributed by atoms with Gasteiger partial charge in [-0.2, -0.15) is 0 Å². The third kappa shape index (κ3) is 5.82. The Kier molecular flexibility index (Phi) is 7.81. The molecule has 5 nitrogen and oxygen atoms in total. The summed E-state index contributed by atoms with van der Waals surface area (Å²) in [5.74, 6) is 0.821. The first-order valence-electron chi connectivity index (χ1n) is 10.6. The van der Waals surface area contributed by atoms with Crippen molar-refractivity contribution in [3.63, 3.8) is 0 Å². The van der Waals surface area contributed by atoms with Gasteiger partial charge in [-0.15, -0.1) is 0 Å². The second-order valence-electron chi connectivity index (χ2n) is 7.59. The lowest BCUT2D eigenvalue weighted by Gasteiger charge is -2.29. The molecule has 1 aliphatic rings. The molecule has 8 heteroatoms. The van der Waals surface area contributed by atoms with Crippen molar-refractivity contribution < 1.29 is 18.6 Å². The fourth-order valence-electron chi connectivity index (χ4n) is 3.69. The first-order chi connectivity index (χ1) is 16.0. The van der Waals surface area contributed by atoms with Crippen molar-refractivity contribution in [2.75, 3.05) is 43.6 Å². The minimum atomic E-state index is -0.385. The summed E-state index contributed by atoms with van der Waals surface area (Å²) in [6.07, 6.45) is 0. The zero-order chi connectivity index (χ0) is 23.2. The summed E-state index contributed by atoms with van der Waals surface area (Å²) in [7, 11) is 1.59. The van der Waals surface area contributed by atoms with E-state index in [4.69, 9.17) is 37.4 Å². The number of ether oxygens (including phenoxy) is 3. The number of methoxy groups -OCH3 is 1. The molecule has 1 saturated heterocycles. The van der Waals surface area contributed by atoms with Crippen molar-refractivity contribution in [3.8, 4) is 11.5 Å². The highest BCUT2D eigenvalue weighted by atomic mass is 35.5. The summed E-state index contributed by atoms with van der Waals surface area (Å²) in [6, 6.07) is 15.9. The van der Waals surface area contributed by atoms with Gasteiger partial charge in [-0.25, -0.2) is 4.39 Å². The molecule has 1 fully saturated rings. The average Bonchev–Trinajstić information content (AvgIpc) is 2.83. The summed E-state index contributed by atoms with van der Waals surface area (Å²) in [6.45, 7) is 3.75. The molecule has 0 unspecified atom stereocenters. The fourth-order valence-corrected chi connectivity index (χ4v) is 4.21. The smallest absolute Gasteiger partial charge is 0.166 e. The Balaban J connectivity index is 1.47. The van der Waals surface area contributed by atoms with Gasteiger partial charge in [0.1, 0.15) is 12.4 Å². The van der Waals surface area contributed by atoms with E-state index in [9.17, 15) is 4.39 Å². The standard InChI is InChI=1S/C25H25Cl2FN2O3/c1-31-24-4-2-3-17(25(24)33-16-18-5-6-19(28)13-21(18)26)15-29-20-7-8-23(22(27)14-20)30-9-11-32-12-10-30/h2-8,13-14,29H,9-12,15-16H2,1H3. The number of nitrogens with zero attached hydrogens (tertiary/aromatic N) is 1.